The van der Waals surface area contributed by atoms with Gasteiger partial charge in [-0.25, -0.2) is 9.59 Å². The highest BCUT2D eigenvalue weighted by atomic mass is 16.5. The standard InChI is InChI=1S/C17H22N4O5/c1-10-7-13(11(2)21(10)5-6-25-4)8-14(9-18)16(23)26-12(3)15(22)20-17(19)24/h7-8,12H,5-6H2,1-4H3,(H3,19,20,22,24)/b14-8+. The summed E-state index contributed by atoms with van der Waals surface area (Å²) in [5, 5.41) is 11.0. The molecule has 9 heteroatoms. The number of amides is 3. The van der Waals surface area contributed by atoms with Gasteiger partial charge in [0.25, 0.3) is 5.91 Å². The van der Waals surface area contributed by atoms with E-state index in [1.807, 2.05) is 24.5 Å². The molecule has 140 valence electrons. The predicted octanol–water partition coefficient (Wildman–Crippen LogP) is 0.785. The van der Waals surface area contributed by atoms with Crippen molar-refractivity contribution in [2.75, 3.05) is 13.7 Å². The van der Waals surface area contributed by atoms with Crippen LogP contribution < -0.4 is 11.1 Å². The number of methoxy groups -OCH3 is 1. The molecule has 0 radical (unpaired) electrons. The average molecular weight is 362 g/mol. The lowest BCUT2D eigenvalue weighted by atomic mass is 10.1. The molecule has 0 aliphatic heterocycles. The van der Waals surface area contributed by atoms with Crippen LogP contribution in [0.2, 0.25) is 0 Å². The van der Waals surface area contributed by atoms with Gasteiger partial charge in [-0.15, -0.1) is 0 Å². The summed E-state index contributed by atoms with van der Waals surface area (Å²) in [4.78, 5) is 34.3. The van der Waals surface area contributed by atoms with E-state index in [2.05, 4.69) is 0 Å². The van der Waals surface area contributed by atoms with Gasteiger partial charge in [0, 0.05) is 25.0 Å². The zero-order valence-electron chi connectivity index (χ0n) is 15.2. The molecule has 1 heterocycles. The van der Waals surface area contributed by atoms with Crippen LogP contribution in [0.1, 0.15) is 23.9 Å². The van der Waals surface area contributed by atoms with Crippen LogP contribution in [0, 0.1) is 25.2 Å². The van der Waals surface area contributed by atoms with Crippen molar-refractivity contribution in [3.63, 3.8) is 0 Å². The number of ether oxygens (including phenoxy) is 2. The minimum absolute atomic E-state index is 0.268. The lowest BCUT2D eigenvalue weighted by Crippen LogP contribution is -2.42. The van der Waals surface area contributed by atoms with Crippen LogP contribution >= 0.6 is 0 Å². The normalized spacial score (nSPS) is 12.2. The predicted molar refractivity (Wildman–Crippen MR) is 92.7 cm³/mol. The van der Waals surface area contributed by atoms with Gasteiger partial charge < -0.3 is 19.8 Å². The summed E-state index contributed by atoms with van der Waals surface area (Å²) in [5.41, 5.74) is 7.06. The van der Waals surface area contributed by atoms with Gasteiger partial charge >= 0.3 is 12.0 Å². The Kier molecular flexibility index (Phi) is 7.55. The van der Waals surface area contributed by atoms with E-state index < -0.39 is 24.0 Å². The Labute approximate surface area is 151 Å². The molecule has 9 nitrogen and oxygen atoms in total. The number of hydrogen-bond donors (Lipinski definition) is 2. The van der Waals surface area contributed by atoms with Gasteiger partial charge in [0.15, 0.2) is 6.10 Å². The van der Waals surface area contributed by atoms with E-state index in [0.717, 1.165) is 11.4 Å². The maximum atomic E-state index is 12.1. The van der Waals surface area contributed by atoms with Crippen LogP contribution in [0.4, 0.5) is 4.79 Å². The number of nitrogens with zero attached hydrogens (tertiary/aromatic N) is 2. The topological polar surface area (TPSA) is 136 Å². The molecular weight excluding hydrogens is 340 g/mol. The first kappa shape index (κ1) is 20.9. The molecule has 26 heavy (non-hydrogen) atoms. The summed E-state index contributed by atoms with van der Waals surface area (Å²) in [7, 11) is 1.61. The van der Waals surface area contributed by atoms with E-state index in [0.29, 0.717) is 18.7 Å². The summed E-state index contributed by atoms with van der Waals surface area (Å²) < 4.78 is 12.0. The first-order valence-corrected chi connectivity index (χ1v) is 7.80. The van der Waals surface area contributed by atoms with E-state index in [1.165, 1.54) is 13.0 Å². The van der Waals surface area contributed by atoms with Gasteiger partial charge in [-0.1, -0.05) is 0 Å². The van der Waals surface area contributed by atoms with Crippen LogP contribution in [0.15, 0.2) is 11.6 Å². The number of aromatic nitrogens is 1. The number of urea groups is 1. The van der Waals surface area contributed by atoms with Crippen molar-refractivity contribution in [1.82, 2.24) is 9.88 Å². The molecule has 0 bridgehead atoms. The molecule has 0 saturated heterocycles. The number of primary amides is 1. The lowest BCUT2D eigenvalue weighted by molar-refractivity contribution is -0.150. The van der Waals surface area contributed by atoms with Crippen molar-refractivity contribution in [2.24, 2.45) is 5.73 Å². The minimum Gasteiger partial charge on any atom is -0.448 e. The molecule has 1 aromatic heterocycles. The van der Waals surface area contributed by atoms with Crippen molar-refractivity contribution >= 4 is 24.0 Å². The molecule has 0 saturated carbocycles. The van der Waals surface area contributed by atoms with Gasteiger partial charge in [0.05, 0.1) is 6.61 Å². The van der Waals surface area contributed by atoms with Crippen LogP contribution in [0.5, 0.6) is 0 Å². The Hall–Kier alpha value is -3.12. The Balaban J connectivity index is 2.98. The van der Waals surface area contributed by atoms with Crippen molar-refractivity contribution < 1.29 is 23.9 Å². The van der Waals surface area contributed by atoms with Crippen LogP contribution in [0.25, 0.3) is 6.08 Å². The number of esters is 1. The summed E-state index contributed by atoms with van der Waals surface area (Å²) in [5.74, 6) is -1.85. The summed E-state index contributed by atoms with van der Waals surface area (Å²) in [6, 6.07) is 2.54. The third-order valence-corrected chi connectivity index (χ3v) is 3.67. The summed E-state index contributed by atoms with van der Waals surface area (Å²) >= 11 is 0. The fourth-order valence-corrected chi connectivity index (χ4v) is 2.29. The average Bonchev–Trinajstić information content (AvgIpc) is 2.83. The highest BCUT2D eigenvalue weighted by molar-refractivity contribution is 6.01. The summed E-state index contributed by atoms with van der Waals surface area (Å²) in [6.07, 6.45) is 0.119. The first-order valence-electron chi connectivity index (χ1n) is 7.80. The molecule has 1 aromatic rings. The fraction of sp³-hybridized carbons (Fsp3) is 0.412. The maximum absolute atomic E-state index is 12.1. The Morgan fingerprint density at radius 2 is 2.08 bits per heavy atom. The maximum Gasteiger partial charge on any atom is 0.349 e. The van der Waals surface area contributed by atoms with Crippen LogP contribution in [-0.2, 0) is 25.6 Å². The zero-order valence-corrected chi connectivity index (χ0v) is 15.2. The van der Waals surface area contributed by atoms with Crippen molar-refractivity contribution in [1.29, 1.82) is 5.26 Å². The van der Waals surface area contributed by atoms with E-state index in [1.54, 1.807) is 18.5 Å². The molecular formula is C17H22N4O5. The molecule has 0 fully saturated rings. The van der Waals surface area contributed by atoms with E-state index in [4.69, 9.17) is 15.2 Å². The number of carbonyl (C=O) groups is 3. The van der Waals surface area contributed by atoms with Gasteiger partial charge in [-0.05, 0) is 38.5 Å². The van der Waals surface area contributed by atoms with Crippen LogP contribution in [0.3, 0.4) is 0 Å². The molecule has 1 unspecified atom stereocenters. The van der Waals surface area contributed by atoms with Crippen LogP contribution in [-0.4, -0.2) is 42.3 Å². The summed E-state index contributed by atoms with van der Waals surface area (Å²) in [6.45, 7) is 6.19. The first-order chi connectivity index (χ1) is 12.2. The van der Waals surface area contributed by atoms with E-state index in [-0.39, 0.29) is 5.57 Å². The van der Waals surface area contributed by atoms with Crippen molar-refractivity contribution in [3.05, 3.63) is 28.6 Å². The number of hydrogen-bond acceptors (Lipinski definition) is 6. The molecule has 0 aliphatic rings. The second-order valence-electron chi connectivity index (χ2n) is 5.54. The molecule has 0 spiro atoms. The lowest BCUT2D eigenvalue weighted by Gasteiger charge is -2.11. The second-order valence-corrected chi connectivity index (χ2v) is 5.54. The number of carbonyl (C=O) groups excluding carboxylic acids is 3. The van der Waals surface area contributed by atoms with Gasteiger partial charge in [0.2, 0.25) is 0 Å². The number of aryl methyl sites for hydroxylation is 1. The molecule has 3 amide bonds. The molecule has 0 aliphatic carbocycles. The molecule has 0 aromatic carbocycles. The van der Waals surface area contributed by atoms with E-state index >= 15 is 0 Å². The third-order valence-electron chi connectivity index (χ3n) is 3.67. The minimum atomic E-state index is -1.28. The number of imide groups is 1. The largest absolute Gasteiger partial charge is 0.448 e. The SMILES string of the molecule is COCCn1c(C)cc(/C=C(\C#N)C(=O)OC(C)C(=O)NC(N)=O)c1C. The third kappa shape index (κ3) is 5.46. The Morgan fingerprint density at radius 1 is 1.42 bits per heavy atom. The van der Waals surface area contributed by atoms with Gasteiger partial charge in [-0.2, -0.15) is 5.26 Å². The number of rotatable bonds is 7. The van der Waals surface area contributed by atoms with Crippen molar-refractivity contribution in [3.8, 4) is 6.07 Å². The highest BCUT2D eigenvalue weighted by Gasteiger charge is 2.22. The quantitative estimate of drug-likeness (QED) is 0.418. The molecule has 1 atom stereocenters. The Bertz CT molecular complexity index is 773. The zero-order chi connectivity index (χ0) is 19.9. The number of nitrogens with one attached hydrogen (secondary N) is 1. The fourth-order valence-electron chi connectivity index (χ4n) is 2.29. The smallest absolute Gasteiger partial charge is 0.349 e. The monoisotopic (exact) mass is 362 g/mol. The number of nitrogens with two attached hydrogens (primary N) is 1. The Morgan fingerprint density at radius 3 is 2.62 bits per heavy atom. The molecule has 1 rings (SSSR count). The van der Waals surface area contributed by atoms with Gasteiger partial charge in [0.1, 0.15) is 11.6 Å². The van der Waals surface area contributed by atoms with Gasteiger partial charge in [-0.3, -0.25) is 10.1 Å². The molecule has 3 N–H and O–H groups in total. The second kappa shape index (κ2) is 9.39. The highest BCUT2D eigenvalue weighted by Crippen LogP contribution is 2.19. The van der Waals surface area contributed by atoms with E-state index in [9.17, 15) is 19.6 Å². The van der Waals surface area contributed by atoms with Crippen molar-refractivity contribution in [2.45, 2.75) is 33.4 Å². The number of nitriles is 1.